The Kier molecular flexibility index (Phi) is 5.39. The summed E-state index contributed by atoms with van der Waals surface area (Å²) < 4.78 is 17.3. The maximum atomic E-state index is 12.0. The summed E-state index contributed by atoms with van der Waals surface area (Å²) in [5, 5.41) is 0.539. The van der Waals surface area contributed by atoms with Crippen LogP contribution in [0, 0.1) is 0 Å². The van der Waals surface area contributed by atoms with Gasteiger partial charge in [0.25, 0.3) is 0 Å². The maximum Gasteiger partial charge on any atom is 0.468 e. The van der Waals surface area contributed by atoms with Gasteiger partial charge in [-0.1, -0.05) is 11.6 Å². The van der Waals surface area contributed by atoms with E-state index in [1.807, 2.05) is 27.7 Å². The predicted molar refractivity (Wildman–Crippen MR) is 89.3 cm³/mol. The summed E-state index contributed by atoms with van der Waals surface area (Å²) in [7, 11) is -0.571. The molecule has 2 rings (SSSR count). The molecule has 0 spiro atoms. The van der Waals surface area contributed by atoms with Crippen molar-refractivity contribution in [3.63, 3.8) is 0 Å². The fourth-order valence-electron chi connectivity index (χ4n) is 2.40. The van der Waals surface area contributed by atoms with Crippen LogP contribution >= 0.6 is 11.6 Å². The van der Waals surface area contributed by atoms with Crippen LogP contribution in [0.4, 0.5) is 0 Å². The van der Waals surface area contributed by atoms with E-state index < -0.39 is 18.3 Å². The smallest absolute Gasteiger partial charge is 0.466 e. The Morgan fingerprint density at radius 3 is 2.39 bits per heavy atom. The van der Waals surface area contributed by atoms with Gasteiger partial charge in [0.2, 0.25) is 0 Å². The Morgan fingerprint density at radius 2 is 1.91 bits per heavy atom. The van der Waals surface area contributed by atoms with Crippen molar-refractivity contribution in [3.05, 3.63) is 29.0 Å². The molecule has 1 aromatic rings. The lowest BCUT2D eigenvalue weighted by atomic mass is 9.68. The molecular formula is C16H23BClNO4. The van der Waals surface area contributed by atoms with Crippen molar-refractivity contribution >= 4 is 24.7 Å². The van der Waals surface area contributed by atoms with Gasteiger partial charge in [-0.2, -0.15) is 0 Å². The van der Waals surface area contributed by atoms with Crippen molar-refractivity contribution in [1.29, 1.82) is 0 Å². The number of rotatable bonds is 5. The number of esters is 1. The first kappa shape index (κ1) is 18.2. The van der Waals surface area contributed by atoms with Crippen LogP contribution in [-0.2, 0) is 18.8 Å². The molecule has 0 saturated carbocycles. The lowest BCUT2D eigenvalue weighted by Gasteiger charge is -2.32. The number of carbonyl (C=O) groups is 1. The molecule has 1 fully saturated rings. The summed E-state index contributed by atoms with van der Waals surface area (Å²) in [6, 6.07) is 3.53. The molecule has 0 radical (unpaired) electrons. The van der Waals surface area contributed by atoms with Gasteiger partial charge >= 0.3 is 13.1 Å². The minimum absolute atomic E-state index is 0.138. The van der Waals surface area contributed by atoms with Crippen LogP contribution in [0.2, 0.25) is 5.02 Å². The predicted octanol–water partition coefficient (Wildman–Crippen LogP) is 3.40. The van der Waals surface area contributed by atoms with Crippen molar-refractivity contribution in [2.24, 2.45) is 0 Å². The average Bonchev–Trinajstić information content (AvgIpc) is 2.66. The summed E-state index contributed by atoms with van der Waals surface area (Å²) in [5.74, 6) is -0.656. The van der Waals surface area contributed by atoms with E-state index in [4.69, 9.17) is 25.6 Å². The van der Waals surface area contributed by atoms with E-state index in [2.05, 4.69) is 4.98 Å². The van der Waals surface area contributed by atoms with E-state index in [0.717, 1.165) is 0 Å². The van der Waals surface area contributed by atoms with Crippen LogP contribution in [0.15, 0.2) is 18.3 Å². The molecule has 1 aromatic heterocycles. The third kappa shape index (κ3) is 4.05. The fourth-order valence-corrected chi connectivity index (χ4v) is 2.51. The maximum absolute atomic E-state index is 12.0. The second kappa shape index (κ2) is 6.79. The number of pyridine rings is 1. The molecule has 1 unspecified atom stereocenters. The highest BCUT2D eigenvalue weighted by Crippen LogP contribution is 2.41. The molecule has 5 nitrogen and oxygen atoms in total. The highest BCUT2D eigenvalue weighted by atomic mass is 35.5. The van der Waals surface area contributed by atoms with E-state index in [0.29, 0.717) is 17.3 Å². The van der Waals surface area contributed by atoms with Crippen molar-refractivity contribution < 1.29 is 18.8 Å². The number of halogens is 1. The van der Waals surface area contributed by atoms with E-state index in [1.165, 1.54) is 0 Å². The Balaban J connectivity index is 2.27. The second-order valence-corrected chi connectivity index (χ2v) is 7.08. The zero-order valence-electron chi connectivity index (χ0n) is 14.3. The van der Waals surface area contributed by atoms with Gasteiger partial charge in [-0.3, -0.25) is 9.78 Å². The van der Waals surface area contributed by atoms with Crippen LogP contribution in [0.3, 0.4) is 0 Å². The third-order valence-corrected chi connectivity index (χ3v) is 4.65. The molecule has 0 bridgehead atoms. The number of carbonyl (C=O) groups excluding carboxylic acids is 1. The van der Waals surface area contributed by atoms with Crippen molar-refractivity contribution in [3.8, 4) is 0 Å². The molecule has 23 heavy (non-hydrogen) atoms. The lowest BCUT2D eigenvalue weighted by molar-refractivity contribution is -0.143. The minimum Gasteiger partial charge on any atom is -0.466 e. The molecule has 0 amide bonds. The van der Waals surface area contributed by atoms with Gasteiger partial charge in [0.1, 0.15) is 0 Å². The zero-order chi connectivity index (χ0) is 17.3. The number of aromatic nitrogens is 1. The average molecular weight is 340 g/mol. The van der Waals surface area contributed by atoms with Gasteiger partial charge in [0.15, 0.2) is 0 Å². The first-order chi connectivity index (χ1) is 10.7. The quantitative estimate of drug-likeness (QED) is 0.608. The van der Waals surface area contributed by atoms with Crippen molar-refractivity contribution in [1.82, 2.24) is 4.98 Å². The van der Waals surface area contributed by atoms with Crippen molar-refractivity contribution in [2.45, 2.75) is 58.1 Å². The molecule has 7 heteroatoms. The van der Waals surface area contributed by atoms with E-state index >= 15 is 0 Å². The van der Waals surface area contributed by atoms with Crippen LogP contribution in [0.25, 0.3) is 0 Å². The summed E-state index contributed by atoms with van der Waals surface area (Å²) in [6.45, 7) is 10.0. The highest BCUT2D eigenvalue weighted by molar-refractivity contribution is 6.48. The fraction of sp³-hybridized carbons (Fsp3) is 0.625. The number of ether oxygens (including phenoxy) is 1. The highest BCUT2D eigenvalue weighted by Gasteiger charge is 2.54. The van der Waals surface area contributed by atoms with Gasteiger partial charge in [0, 0.05) is 17.7 Å². The van der Waals surface area contributed by atoms with Crippen molar-refractivity contribution in [2.75, 3.05) is 6.61 Å². The molecule has 126 valence electrons. The number of nitrogens with zero attached hydrogens (tertiary/aromatic N) is 1. The molecular weight excluding hydrogens is 316 g/mol. The summed E-state index contributed by atoms with van der Waals surface area (Å²) in [6.07, 6.45) is 1.69. The molecule has 1 atom stereocenters. The Morgan fingerprint density at radius 1 is 1.30 bits per heavy atom. The largest absolute Gasteiger partial charge is 0.468 e. The Bertz CT molecular complexity index is 546. The third-order valence-electron chi connectivity index (χ3n) is 4.42. The normalized spacial score (nSPS) is 20.3. The standard InChI is InChI=1S/C16H23BClNO4/c1-6-21-14(20)9-12(13-8-7-11(18)10-19-13)17-22-15(2,3)16(4,5)23-17/h7-8,10,12H,6,9H2,1-5H3. The summed E-state index contributed by atoms with van der Waals surface area (Å²) in [5.41, 5.74) is -0.255. The first-order valence-corrected chi connectivity index (χ1v) is 8.17. The van der Waals surface area contributed by atoms with Crippen LogP contribution in [-0.4, -0.2) is 35.9 Å². The van der Waals surface area contributed by atoms with Gasteiger partial charge in [0.05, 0.1) is 29.3 Å². The molecule has 2 heterocycles. The number of hydrogen-bond donors (Lipinski definition) is 0. The second-order valence-electron chi connectivity index (χ2n) is 6.64. The number of hydrogen-bond acceptors (Lipinski definition) is 5. The lowest BCUT2D eigenvalue weighted by Crippen LogP contribution is -2.41. The van der Waals surface area contributed by atoms with Gasteiger partial charge in [-0.25, -0.2) is 0 Å². The van der Waals surface area contributed by atoms with Crippen LogP contribution < -0.4 is 0 Å². The molecule has 1 saturated heterocycles. The summed E-state index contributed by atoms with van der Waals surface area (Å²) in [4.78, 5) is 16.3. The molecule has 1 aliphatic rings. The van der Waals surface area contributed by atoms with Crippen LogP contribution in [0.1, 0.15) is 52.6 Å². The summed E-state index contributed by atoms with van der Waals surface area (Å²) >= 11 is 5.91. The van der Waals surface area contributed by atoms with Crippen LogP contribution in [0.5, 0.6) is 0 Å². The first-order valence-electron chi connectivity index (χ1n) is 7.79. The molecule has 0 aliphatic carbocycles. The van der Waals surface area contributed by atoms with E-state index in [-0.39, 0.29) is 18.2 Å². The molecule has 1 aliphatic heterocycles. The molecule has 0 N–H and O–H groups in total. The van der Waals surface area contributed by atoms with E-state index in [9.17, 15) is 4.79 Å². The zero-order valence-corrected chi connectivity index (χ0v) is 15.0. The monoisotopic (exact) mass is 339 g/mol. The van der Waals surface area contributed by atoms with Gasteiger partial charge < -0.3 is 14.0 Å². The molecule has 0 aromatic carbocycles. The Labute approximate surface area is 142 Å². The topological polar surface area (TPSA) is 57.7 Å². The Hall–Kier alpha value is -1.11. The van der Waals surface area contributed by atoms with Gasteiger partial charge in [-0.05, 0) is 46.8 Å². The minimum atomic E-state index is -0.571. The SMILES string of the molecule is CCOC(=O)CC(B1OC(C)(C)C(C)(C)O1)c1ccc(Cl)cn1. The van der Waals surface area contributed by atoms with E-state index in [1.54, 1.807) is 25.3 Å². The van der Waals surface area contributed by atoms with Gasteiger partial charge in [-0.15, -0.1) is 0 Å².